The predicted octanol–water partition coefficient (Wildman–Crippen LogP) is 1.07. The molecule has 1 aromatic carbocycles. The van der Waals surface area contributed by atoms with Crippen molar-refractivity contribution in [3.8, 4) is 11.5 Å². The highest BCUT2D eigenvalue weighted by Crippen LogP contribution is 2.32. The van der Waals surface area contributed by atoms with Crippen LogP contribution in [0.4, 0.5) is 0 Å². The van der Waals surface area contributed by atoms with Gasteiger partial charge in [0, 0.05) is 24.7 Å². The van der Waals surface area contributed by atoms with Crippen molar-refractivity contribution in [3.63, 3.8) is 0 Å². The third-order valence-corrected chi connectivity index (χ3v) is 3.41. The number of methoxy groups -OCH3 is 2. The molecule has 0 bridgehead atoms. The number of rotatable bonds is 4. The molecule has 1 fully saturated rings. The first-order valence-corrected chi connectivity index (χ1v) is 6.36. The monoisotopic (exact) mass is 267 g/mol. The van der Waals surface area contributed by atoms with Crippen LogP contribution in [0.1, 0.15) is 11.7 Å². The number of hydrogen-bond donors (Lipinski definition) is 1. The Kier molecular flexibility index (Phi) is 4.63. The Hall–Kier alpha value is -1.30. The van der Waals surface area contributed by atoms with Crippen molar-refractivity contribution in [1.82, 2.24) is 4.90 Å². The lowest BCUT2D eigenvalue weighted by Crippen LogP contribution is -2.43. The van der Waals surface area contributed by atoms with Gasteiger partial charge in [-0.1, -0.05) is 0 Å². The van der Waals surface area contributed by atoms with Crippen LogP contribution in [0, 0.1) is 0 Å². The Morgan fingerprint density at radius 1 is 1.37 bits per heavy atom. The van der Waals surface area contributed by atoms with E-state index in [9.17, 15) is 5.11 Å². The number of hydrogen-bond acceptors (Lipinski definition) is 5. The fourth-order valence-corrected chi connectivity index (χ4v) is 2.27. The lowest BCUT2D eigenvalue weighted by atomic mass is 10.0. The number of benzene rings is 1. The molecule has 0 aromatic heterocycles. The van der Waals surface area contributed by atoms with E-state index in [4.69, 9.17) is 14.2 Å². The Labute approximate surface area is 113 Å². The zero-order valence-electron chi connectivity index (χ0n) is 11.6. The lowest BCUT2D eigenvalue weighted by molar-refractivity contribution is -0.0849. The van der Waals surface area contributed by atoms with Gasteiger partial charge in [-0.3, -0.25) is 0 Å². The van der Waals surface area contributed by atoms with Crippen LogP contribution >= 0.6 is 0 Å². The van der Waals surface area contributed by atoms with Crippen molar-refractivity contribution in [1.29, 1.82) is 0 Å². The normalized spacial score (nSPS) is 22.0. The zero-order valence-corrected chi connectivity index (χ0v) is 11.6. The van der Waals surface area contributed by atoms with Crippen LogP contribution in [0.5, 0.6) is 11.5 Å². The molecular formula is C14H21NO4. The molecule has 106 valence electrons. The summed E-state index contributed by atoms with van der Waals surface area (Å²) in [5.41, 5.74) is 0.726. The summed E-state index contributed by atoms with van der Waals surface area (Å²) in [5.74, 6) is 1.32. The summed E-state index contributed by atoms with van der Waals surface area (Å²) < 4.78 is 16.1. The highest BCUT2D eigenvalue weighted by atomic mass is 16.5. The first kappa shape index (κ1) is 14.1. The number of ether oxygens (including phenoxy) is 3. The minimum absolute atomic E-state index is 0.235. The molecule has 1 aromatic rings. The van der Waals surface area contributed by atoms with Crippen molar-refractivity contribution < 1.29 is 19.3 Å². The van der Waals surface area contributed by atoms with E-state index in [1.165, 1.54) is 0 Å². The van der Waals surface area contributed by atoms with E-state index in [0.29, 0.717) is 24.7 Å². The third kappa shape index (κ3) is 3.18. The molecule has 0 radical (unpaired) electrons. The third-order valence-electron chi connectivity index (χ3n) is 3.41. The minimum Gasteiger partial charge on any atom is -0.497 e. The highest BCUT2D eigenvalue weighted by Gasteiger charge is 2.28. The van der Waals surface area contributed by atoms with Gasteiger partial charge >= 0.3 is 0 Å². The number of likely N-dealkylation sites (N-methyl/N-ethyl adjacent to an activating group) is 1. The smallest absolute Gasteiger partial charge is 0.128 e. The molecule has 0 saturated carbocycles. The summed E-state index contributed by atoms with van der Waals surface area (Å²) in [7, 11) is 5.20. The van der Waals surface area contributed by atoms with Gasteiger partial charge in [-0.15, -0.1) is 0 Å². The number of nitrogens with zero attached hydrogens (tertiary/aromatic N) is 1. The average molecular weight is 267 g/mol. The molecule has 5 heteroatoms. The molecule has 2 rings (SSSR count). The number of aliphatic hydroxyl groups excluding tert-OH is 1. The molecule has 0 spiro atoms. The van der Waals surface area contributed by atoms with E-state index in [1.807, 2.05) is 19.2 Å². The van der Waals surface area contributed by atoms with E-state index in [0.717, 1.165) is 12.1 Å². The molecule has 19 heavy (non-hydrogen) atoms. The van der Waals surface area contributed by atoms with Crippen LogP contribution < -0.4 is 9.47 Å². The van der Waals surface area contributed by atoms with Crippen molar-refractivity contribution in [2.24, 2.45) is 0 Å². The van der Waals surface area contributed by atoms with Crippen molar-refractivity contribution in [2.45, 2.75) is 12.2 Å². The molecular weight excluding hydrogens is 246 g/mol. The predicted molar refractivity (Wildman–Crippen MR) is 71.7 cm³/mol. The van der Waals surface area contributed by atoms with Gasteiger partial charge in [0.2, 0.25) is 0 Å². The van der Waals surface area contributed by atoms with Crippen LogP contribution in [0.3, 0.4) is 0 Å². The standard InChI is InChI=1S/C14H21NO4/c1-15-6-7-19-13(9-15)14(16)11-5-4-10(17-2)8-12(11)18-3/h4-5,8,13-14,16H,6-7,9H2,1-3H3. The summed E-state index contributed by atoms with van der Waals surface area (Å²) in [6.45, 7) is 2.23. The zero-order chi connectivity index (χ0) is 13.8. The van der Waals surface area contributed by atoms with E-state index in [1.54, 1.807) is 20.3 Å². The van der Waals surface area contributed by atoms with Crippen molar-refractivity contribution in [2.75, 3.05) is 41.0 Å². The highest BCUT2D eigenvalue weighted by molar-refractivity contribution is 5.42. The summed E-state index contributed by atoms with van der Waals surface area (Å²) in [4.78, 5) is 2.15. The molecule has 1 N–H and O–H groups in total. The van der Waals surface area contributed by atoms with Gasteiger partial charge in [0.05, 0.1) is 20.8 Å². The second kappa shape index (κ2) is 6.23. The number of morpholine rings is 1. The van der Waals surface area contributed by atoms with Gasteiger partial charge in [0.1, 0.15) is 23.7 Å². The second-order valence-corrected chi connectivity index (χ2v) is 4.72. The van der Waals surface area contributed by atoms with E-state index >= 15 is 0 Å². The second-order valence-electron chi connectivity index (χ2n) is 4.72. The topological polar surface area (TPSA) is 51.2 Å². The fourth-order valence-electron chi connectivity index (χ4n) is 2.27. The Balaban J connectivity index is 2.20. The van der Waals surface area contributed by atoms with Gasteiger partial charge < -0.3 is 24.2 Å². The van der Waals surface area contributed by atoms with E-state index < -0.39 is 6.10 Å². The SMILES string of the molecule is COc1ccc(C(O)C2CN(C)CCO2)c(OC)c1. The maximum atomic E-state index is 10.5. The van der Waals surface area contributed by atoms with E-state index in [-0.39, 0.29) is 6.10 Å². The molecule has 1 aliphatic rings. The van der Waals surface area contributed by atoms with Crippen LogP contribution in [0.2, 0.25) is 0 Å². The lowest BCUT2D eigenvalue weighted by Gasteiger charge is -2.33. The number of aliphatic hydroxyl groups is 1. The first-order chi connectivity index (χ1) is 9.15. The quantitative estimate of drug-likeness (QED) is 0.884. The molecule has 1 heterocycles. The maximum Gasteiger partial charge on any atom is 0.128 e. The van der Waals surface area contributed by atoms with Gasteiger partial charge in [-0.2, -0.15) is 0 Å². The molecule has 2 atom stereocenters. The first-order valence-electron chi connectivity index (χ1n) is 6.36. The van der Waals surface area contributed by atoms with Gasteiger partial charge in [0.15, 0.2) is 0 Å². The molecule has 1 aliphatic heterocycles. The maximum absolute atomic E-state index is 10.5. The molecule has 0 amide bonds. The largest absolute Gasteiger partial charge is 0.497 e. The summed E-state index contributed by atoms with van der Waals surface area (Å²) in [5, 5.41) is 10.5. The van der Waals surface area contributed by atoms with Crippen LogP contribution in [-0.2, 0) is 4.74 Å². The summed E-state index contributed by atoms with van der Waals surface area (Å²) in [6, 6.07) is 5.40. The minimum atomic E-state index is -0.705. The summed E-state index contributed by atoms with van der Waals surface area (Å²) >= 11 is 0. The summed E-state index contributed by atoms with van der Waals surface area (Å²) in [6.07, 6.45) is -0.940. The van der Waals surface area contributed by atoms with Gasteiger partial charge in [0.25, 0.3) is 0 Å². The Morgan fingerprint density at radius 2 is 2.16 bits per heavy atom. The van der Waals surface area contributed by atoms with Crippen molar-refractivity contribution >= 4 is 0 Å². The van der Waals surface area contributed by atoms with Crippen LogP contribution in [-0.4, -0.2) is 57.1 Å². The molecule has 5 nitrogen and oxygen atoms in total. The Morgan fingerprint density at radius 3 is 2.79 bits per heavy atom. The fraction of sp³-hybridized carbons (Fsp3) is 0.571. The van der Waals surface area contributed by atoms with Gasteiger partial charge in [-0.25, -0.2) is 0 Å². The van der Waals surface area contributed by atoms with Crippen LogP contribution in [0.15, 0.2) is 18.2 Å². The van der Waals surface area contributed by atoms with Gasteiger partial charge in [-0.05, 0) is 19.2 Å². The van der Waals surface area contributed by atoms with Crippen molar-refractivity contribution in [3.05, 3.63) is 23.8 Å². The Bertz CT molecular complexity index is 424. The molecule has 0 aliphatic carbocycles. The molecule has 1 saturated heterocycles. The van der Waals surface area contributed by atoms with E-state index in [2.05, 4.69) is 4.90 Å². The van der Waals surface area contributed by atoms with Crippen LogP contribution in [0.25, 0.3) is 0 Å². The average Bonchev–Trinajstić information content (AvgIpc) is 2.45. The molecule has 2 unspecified atom stereocenters.